The monoisotopic (exact) mass is 412 g/mol. The number of allylic oxidation sites excluding steroid dienone is 4. The van der Waals surface area contributed by atoms with E-state index in [1.54, 1.807) is 0 Å². The van der Waals surface area contributed by atoms with Crippen LogP contribution < -0.4 is 10.1 Å². The number of aromatic nitrogens is 2. The molecule has 0 radical (unpaired) electrons. The molecule has 2 aromatic rings. The van der Waals surface area contributed by atoms with Gasteiger partial charge in [-0.05, 0) is 43.4 Å². The number of fused-ring (bicyclic) bond motifs is 3. The molecule has 1 aliphatic carbocycles. The van der Waals surface area contributed by atoms with Gasteiger partial charge < -0.3 is 15.0 Å². The fourth-order valence-electron chi connectivity index (χ4n) is 3.68. The van der Waals surface area contributed by atoms with Crippen molar-refractivity contribution in [3.05, 3.63) is 53.9 Å². The van der Waals surface area contributed by atoms with E-state index < -0.39 is 18.9 Å². The Hall–Kier alpha value is -3.29. The maximum absolute atomic E-state index is 12.4. The Kier molecular flexibility index (Phi) is 5.74. The van der Waals surface area contributed by atoms with Crippen LogP contribution in [0.15, 0.2) is 53.3 Å². The number of nitrogens with one attached hydrogen (secondary N) is 2. The highest BCUT2D eigenvalue weighted by atomic mass is 19.3. The second-order valence-electron chi connectivity index (χ2n) is 7.18. The summed E-state index contributed by atoms with van der Waals surface area (Å²) in [4.78, 5) is 24.3. The van der Waals surface area contributed by atoms with E-state index in [-0.39, 0.29) is 5.92 Å². The first-order valence-corrected chi connectivity index (χ1v) is 9.86. The zero-order valence-corrected chi connectivity index (χ0v) is 16.5. The summed E-state index contributed by atoms with van der Waals surface area (Å²) in [5.41, 5.74) is 3.98. The number of halogens is 2. The third kappa shape index (κ3) is 4.32. The number of hydrogen-bond donors (Lipinski definition) is 2. The van der Waals surface area contributed by atoms with Gasteiger partial charge in [-0.3, -0.25) is 9.79 Å². The molecule has 8 heteroatoms. The third-order valence-electron chi connectivity index (χ3n) is 5.04. The fraction of sp³-hybridized carbons (Fsp3) is 0.318. The molecule has 1 aliphatic heterocycles. The van der Waals surface area contributed by atoms with Crippen LogP contribution >= 0.6 is 0 Å². The standard InChI is InChI=1S/C22H22F2N4O2/c1-2-30-20-6-5-17-18(11-26-21(17)28-20)14-3-4-16-9-13(7-14)8-15(10-25-16)22(29)27-12-19(23)24/h3-7,10-11,13,19H,2,8-9,12H2,1H3,(H,26,28)(H,27,29). The largest absolute Gasteiger partial charge is 0.478 e. The number of rotatable bonds is 6. The smallest absolute Gasteiger partial charge is 0.255 e. The van der Waals surface area contributed by atoms with Crippen LogP contribution in [0.25, 0.3) is 16.6 Å². The Morgan fingerprint density at radius 3 is 3.00 bits per heavy atom. The van der Waals surface area contributed by atoms with Crippen molar-refractivity contribution in [3.63, 3.8) is 0 Å². The molecule has 0 spiro atoms. The van der Waals surface area contributed by atoms with E-state index in [0.717, 1.165) is 27.9 Å². The van der Waals surface area contributed by atoms with E-state index in [9.17, 15) is 13.6 Å². The predicted octanol–water partition coefficient (Wildman–Crippen LogP) is 4.03. The quantitative estimate of drug-likeness (QED) is 0.752. The number of amides is 1. The van der Waals surface area contributed by atoms with Gasteiger partial charge in [0.05, 0.1) is 13.2 Å². The molecule has 2 bridgehead atoms. The van der Waals surface area contributed by atoms with Crippen LogP contribution in [0, 0.1) is 5.92 Å². The Labute approximate surface area is 172 Å². The molecule has 1 amide bonds. The lowest BCUT2D eigenvalue weighted by molar-refractivity contribution is -0.118. The second-order valence-corrected chi connectivity index (χ2v) is 7.18. The van der Waals surface area contributed by atoms with Crippen LogP contribution in [0.1, 0.15) is 25.3 Å². The first kappa shape index (κ1) is 20.0. The maximum atomic E-state index is 12.4. The number of H-pyrrole nitrogens is 1. The van der Waals surface area contributed by atoms with Gasteiger partial charge >= 0.3 is 0 Å². The summed E-state index contributed by atoms with van der Waals surface area (Å²) in [6, 6.07) is 3.81. The molecule has 0 aromatic carbocycles. The van der Waals surface area contributed by atoms with Crippen molar-refractivity contribution in [2.45, 2.75) is 26.2 Å². The normalized spacial score (nSPS) is 18.4. The number of nitrogens with zero attached hydrogens (tertiary/aromatic N) is 2. The van der Waals surface area contributed by atoms with Gasteiger partial charge in [0.2, 0.25) is 11.8 Å². The lowest BCUT2D eigenvalue weighted by atomic mass is 9.93. The number of ether oxygens (including phenoxy) is 1. The molecule has 1 unspecified atom stereocenters. The van der Waals surface area contributed by atoms with Crippen molar-refractivity contribution in [1.29, 1.82) is 0 Å². The molecule has 3 heterocycles. The van der Waals surface area contributed by atoms with Crippen LogP contribution in [0.4, 0.5) is 8.78 Å². The number of aliphatic imine (C=N–C) groups is 1. The van der Waals surface area contributed by atoms with Gasteiger partial charge in [0, 0.05) is 40.7 Å². The van der Waals surface area contributed by atoms with Gasteiger partial charge in [-0.1, -0.05) is 12.2 Å². The molecule has 2 aliphatic rings. The minimum Gasteiger partial charge on any atom is -0.478 e. The summed E-state index contributed by atoms with van der Waals surface area (Å²) >= 11 is 0. The van der Waals surface area contributed by atoms with Crippen LogP contribution in [-0.2, 0) is 4.79 Å². The molecular formula is C22H22F2N4O2. The van der Waals surface area contributed by atoms with Crippen molar-refractivity contribution in [3.8, 4) is 5.88 Å². The molecule has 0 saturated heterocycles. The predicted molar refractivity (Wildman–Crippen MR) is 112 cm³/mol. The van der Waals surface area contributed by atoms with Crippen molar-refractivity contribution >= 4 is 28.2 Å². The summed E-state index contributed by atoms with van der Waals surface area (Å²) in [5, 5.41) is 3.23. The lowest BCUT2D eigenvalue weighted by Crippen LogP contribution is -2.30. The highest BCUT2D eigenvalue weighted by molar-refractivity contribution is 6.03. The molecule has 2 N–H and O–H groups in total. The van der Waals surface area contributed by atoms with E-state index in [1.807, 2.05) is 37.4 Å². The van der Waals surface area contributed by atoms with Crippen molar-refractivity contribution in [2.24, 2.45) is 10.9 Å². The third-order valence-corrected chi connectivity index (χ3v) is 5.04. The summed E-state index contributed by atoms with van der Waals surface area (Å²) < 4.78 is 30.3. The minimum absolute atomic E-state index is 0.0282. The molecule has 30 heavy (non-hydrogen) atoms. The number of hydrogen-bond acceptors (Lipinski definition) is 4. The Bertz CT molecular complexity index is 1080. The van der Waals surface area contributed by atoms with Crippen LogP contribution in [0.2, 0.25) is 0 Å². The second kappa shape index (κ2) is 8.61. The van der Waals surface area contributed by atoms with Crippen molar-refractivity contribution in [1.82, 2.24) is 15.3 Å². The average molecular weight is 412 g/mol. The first-order chi connectivity index (χ1) is 14.5. The molecule has 6 nitrogen and oxygen atoms in total. The molecule has 0 fully saturated rings. The highest BCUT2D eigenvalue weighted by Crippen LogP contribution is 2.33. The Morgan fingerprint density at radius 1 is 1.33 bits per heavy atom. The minimum atomic E-state index is -2.58. The van der Waals surface area contributed by atoms with E-state index in [4.69, 9.17) is 4.74 Å². The zero-order chi connectivity index (χ0) is 21.1. The number of aromatic amines is 1. The van der Waals surface area contributed by atoms with Crippen LogP contribution in [-0.4, -0.2) is 41.2 Å². The topological polar surface area (TPSA) is 79.4 Å². The van der Waals surface area contributed by atoms with Crippen molar-refractivity contribution in [2.75, 3.05) is 13.2 Å². The molecule has 0 saturated carbocycles. The van der Waals surface area contributed by atoms with Crippen LogP contribution in [0.3, 0.4) is 0 Å². The van der Waals surface area contributed by atoms with Gasteiger partial charge in [-0.2, -0.15) is 4.98 Å². The number of alkyl halides is 2. The molecule has 4 rings (SSSR count). The van der Waals surface area contributed by atoms with Gasteiger partial charge in [0.1, 0.15) is 5.65 Å². The molecular weight excluding hydrogens is 390 g/mol. The number of pyridine rings is 1. The summed E-state index contributed by atoms with van der Waals surface area (Å²) in [6.07, 6.45) is 7.97. The number of carbonyl (C=O) groups is 1. The number of carbonyl (C=O) groups excluding carboxylic acids is 1. The summed E-state index contributed by atoms with van der Waals surface area (Å²) in [6.45, 7) is 1.79. The fourth-order valence-corrected chi connectivity index (χ4v) is 3.68. The van der Waals surface area contributed by atoms with E-state index in [0.29, 0.717) is 30.9 Å². The zero-order valence-electron chi connectivity index (χ0n) is 16.5. The summed E-state index contributed by atoms with van der Waals surface area (Å²) in [5.74, 6) is 0.0973. The summed E-state index contributed by atoms with van der Waals surface area (Å²) in [7, 11) is 0. The van der Waals surface area contributed by atoms with E-state index >= 15 is 0 Å². The molecule has 1 atom stereocenters. The van der Waals surface area contributed by atoms with Gasteiger partial charge in [-0.25, -0.2) is 8.78 Å². The van der Waals surface area contributed by atoms with Crippen molar-refractivity contribution < 1.29 is 18.3 Å². The average Bonchev–Trinajstić information content (AvgIpc) is 2.90. The van der Waals surface area contributed by atoms with E-state index in [1.165, 1.54) is 6.20 Å². The van der Waals surface area contributed by atoms with Gasteiger partial charge in [0.15, 0.2) is 0 Å². The Balaban J connectivity index is 1.61. The Morgan fingerprint density at radius 2 is 2.20 bits per heavy atom. The van der Waals surface area contributed by atoms with E-state index in [2.05, 4.69) is 26.4 Å². The van der Waals surface area contributed by atoms with Gasteiger partial charge in [0.25, 0.3) is 6.43 Å². The maximum Gasteiger partial charge on any atom is 0.255 e. The van der Waals surface area contributed by atoms with Crippen LogP contribution in [0.5, 0.6) is 5.88 Å². The molecule has 156 valence electrons. The SMILES string of the molecule is CCOc1ccc2c(C3=CC4CC(C(=O)NCC(F)F)=CN=C(C=C3)C4)c[nH]c2n1. The first-order valence-electron chi connectivity index (χ1n) is 9.86. The lowest BCUT2D eigenvalue weighted by Gasteiger charge is -2.13. The molecule has 2 aromatic heterocycles. The van der Waals surface area contributed by atoms with Gasteiger partial charge in [-0.15, -0.1) is 0 Å². The highest BCUT2D eigenvalue weighted by Gasteiger charge is 2.22.